The predicted octanol–water partition coefficient (Wildman–Crippen LogP) is 2.19. The van der Waals surface area contributed by atoms with Gasteiger partial charge in [0.15, 0.2) is 0 Å². The maximum atomic E-state index is 5.54. The van der Waals surface area contributed by atoms with Gasteiger partial charge >= 0.3 is 0 Å². The van der Waals surface area contributed by atoms with Crippen LogP contribution in [-0.4, -0.2) is 41.6 Å². The summed E-state index contributed by atoms with van der Waals surface area (Å²) in [6.45, 7) is 10.4. The van der Waals surface area contributed by atoms with Gasteiger partial charge in [0.25, 0.3) is 0 Å². The molecule has 3 unspecified atom stereocenters. The van der Waals surface area contributed by atoms with Crippen LogP contribution in [0, 0.1) is 5.92 Å². The fourth-order valence-corrected chi connectivity index (χ4v) is 3.37. The highest BCUT2D eigenvalue weighted by atomic mass is 32.2. The molecule has 3 heteroatoms. The summed E-state index contributed by atoms with van der Waals surface area (Å²) in [6, 6.07) is 0.740. The first-order valence-corrected chi connectivity index (χ1v) is 7.25. The Labute approximate surface area is 99.0 Å². The first-order valence-electron chi connectivity index (χ1n) is 6.21. The molecule has 0 bridgehead atoms. The van der Waals surface area contributed by atoms with Crippen LogP contribution in [0.15, 0.2) is 0 Å². The van der Waals surface area contributed by atoms with Crippen LogP contribution in [0.5, 0.6) is 0 Å². The first kappa shape index (κ1) is 13.3. The van der Waals surface area contributed by atoms with Crippen LogP contribution in [0.3, 0.4) is 0 Å². The second-order valence-electron chi connectivity index (χ2n) is 4.85. The minimum absolute atomic E-state index is 0.740. The van der Waals surface area contributed by atoms with Crippen molar-refractivity contribution in [1.29, 1.82) is 0 Å². The SMILES string of the molecule is CC(CCCN)CN1CCSC(C)C1C. The molecule has 0 spiro atoms. The van der Waals surface area contributed by atoms with Crippen molar-refractivity contribution < 1.29 is 0 Å². The lowest BCUT2D eigenvalue weighted by atomic mass is 10.0. The van der Waals surface area contributed by atoms with Gasteiger partial charge in [-0.2, -0.15) is 11.8 Å². The highest BCUT2D eigenvalue weighted by Crippen LogP contribution is 2.25. The topological polar surface area (TPSA) is 29.3 Å². The van der Waals surface area contributed by atoms with Crippen LogP contribution in [0.25, 0.3) is 0 Å². The van der Waals surface area contributed by atoms with Crippen molar-refractivity contribution >= 4 is 11.8 Å². The van der Waals surface area contributed by atoms with Crippen LogP contribution in [0.4, 0.5) is 0 Å². The van der Waals surface area contributed by atoms with Gasteiger partial charge in [0.2, 0.25) is 0 Å². The summed E-state index contributed by atoms with van der Waals surface area (Å²) in [5, 5.41) is 0.792. The average molecular weight is 230 g/mol. The summed E-state index contributed by atoms with van der Waals surface area (Å²) < 4.78 is 0. The number of nitrogens with two attached hydrogens (primary N) is 1. The summed E-state index contributed by atoms with van der Waals surface area (Å²) in [5.41, 5.74) is 5.54. The fourth-order valence-electron chi connectivity index (χ4n) is 2.21. The first-order chi connectivity index (χ1) is 7.15. The molecule has 1 heterocycles. The largest absolute Gasteiger partial charge is 0.330 e. The lowest BCUT2D eigenvalue weighted by Gasteiger charge is -2.38. The van der Waals surface area contributed by atoms with Crippen molar-refractivity contribution in [2.75, 3.05) is 25.4 Å². The van der Waals surface area contributed by atoms with E-state index in [1.165, 1.54) is 31.7 Å². The van der Waals surface area contributed by atoms with E-state index in [9.17, 15) is 0 Å². The van der Waals surface area contributed by atoms with Gasteiger partial charge in [-0.25, -0.2) is 0 Å². The third-order valence-electron chi connectivity index (χ3n) is 3.46. The minimum atomic E-state index is 0.740. The van der Waals surface area contributed by atoms with Gasteiger partial charge in [0.1, 0.15) is 0 Å². The summed E-state index contributed by atoms with van der Waals surface area (Å²) >= 11 is 2.11. The Morgan fingerprint density at radius 3 is 2.87 bits per heavy atom. The molecular formula is C12H26N2S. The molecule has 2 nitrogen and oxygen atoms in total. The minimum Gasteiger partial charge on any atom is -0.330 e. The molecule has 2 N–H and O–H groups in total. The lowest BCUT2D eigenvalue weighted by Crippen LogP contribution is -2.46. The van der Waals surface area contributed by atoms with Crippen molar-refractivity contribution in [1.82, 2.24) is 4.90 Å². The molecule has 0 aromatic rings. The molecule has 1 aliphatic heterocycles. The standard InChI is InChI=1S/C12H26N2S/c1-10(5-4-6-13)9-14-7-8-15-12(3)11(14)2/h10-12H,4-9,13H2,1-3H3. The molecule has 0 saturated carbocycles. The van der Waals surface area contributed by atoms with E-state index in [0.29, 0.717) is 0 Å². The number of rotatable bonds is 5. The molecule has 15 heavy (non-hydrogen) atoms. The zero-order valence-electron chi connectivity index (χ0n) is 10.4. The van der Waals surface area contributed by atoms with Crippen LogP contribution < -0.4 is 5.73 Å². The number of nitrogens with zero attached hydrogens (tertiary/aromatic N) is 1. The van der Waals surface area contributed by atoms with Gasteiger partial charge in [-0.3, -0.25) is 4.90 Å². The van der Waals surface area contributed by atoms with Gasteiger partial charge in [-0.05, 0) is 32.2 Å². The Morgan fingerprint density at radius 1 is 1.47 bits per heavy atom. The molecule has 0 aromatic heterocycles. The molecule has 0 radical (unpaired) electrons. The smallest absolute Gasteiger partial charge is 0.0184 e. The summed E-state index contributed by atoms with van der Waals surface area (Å²) in [5.74, 6) is 2.10. The molecule has 90 valence electrons. The zero-order chi connectivity index (χ0) is 11.3. The highest BCUT2D eigenvalue weighted by Gasteiger charge is 2.25. The normalized spacial score (nSPS) is 30.4. The maximum Gasteiger partial charge on any atom is 0.0184 e. The van der Waals surface area contributed by atoms with E-state index in [-0.39, 0.29) is 0 Å². The average Bonchev–Trinajstić information content (AvgIpc) is 2.22. The molecule has 0 aromatic carbocycles. The quantitative estimate of drug-likeness (QED) is 0.785. The van der Waals surface area contributed by atoms with Gasteiger partial charge in [-0.15, -0.1) is 0 Å². The van der Waals surface area contributed by atoms with Crippen LogP contribution in [0.1, 0.15) is 33.6 Å². The van der Waals surface area contributed by atoms with Crippen LogP contribution in [0.2, 0.25) is 0 Å². The molecule has 3 atom stereocenters. The maximum absolute atomic E-state index is 5.54. The van der Waals surface area contributed by atoms with Crippen LogP contribution >= 0.6 is 11.8 Å². The van der Waals surface area contributed by atoms with Crippen molar-refractivity contribution in [2.24, 2.45) is 11.7 Å². The molecular weight excluding hydrogens is 204 g/mol. The van der Waals surface area contributed by atoms with Crippen molar-refractivity contribution in [3.8, 4) is 0 Å². The Balaban J connectivity index is 2.29. The Kier molecular flexibility index (Phi) is 6.02. The Morgan fingerprint density at radius 2 is 2.20 bits per heavy atom. The second kappa shape index (κ2) is 6.77. The zero-order valence-corrected chi connectivity index (χ0v) is 11.2. The third-order valence-corrected chi connectivity index (χ3v) is 4.80. The van der Waals surface area contributed by atoms with E-state index in [4.69, 9.17) is 5.73 Å². The van der Waals surface area contributed by atoms with E-state index >= 15 is 0 Å². The molecule has 1 saturated heterocycles. The number of hydrogen-bond acceptors (Lipinski definition) is 3. The van der Waals surface area contributed by atoms with E-state index in [2.05, 4.69) is 37.4 Å². The molecule has 1 aliphatic rings. The molecule has 0 amide bonds. The summed E-state index contributed by atoms with van der Waals surface area (Å²) in [7, 11) is 0. The number of thioether (sulfide) groups is 1. The van der Waals surface area contributed by atoms with Gasteiger partial charge in [0, 0.05) is 30.1 Å². The van der Waals surface area contributed by atoms with Crippen molar-refractivity contribution in [2.45, 2.75) is 44.9 Å². The summed E-state index contributed by atoms with van der Waals surface area (Å²) in [4.78, 5) is 2.66. The van der Waals surface area contributed by atoms with Crippen molar-refractivity contribution in [3.05, 3.63) is 0 Å². The van der Waals surface area contributed by atoms with Crippen LogP contribution in [-0.2, 0) is 0 Å². The molecule has 1 fully saturated rings. The predicted molar refractivity (Wildman–Crippen MR) is 70.4 cm³/mol. The van der Waals surface area contributed by atoms with E-state index < -0.39 is 0 Å². The van der Waals surface area contributed by atoms with Gasteiger partial charge < -0.3 is 5.73 Å². The molecule has 1 rings (SSSR count). The van der Waals surface area contributed by atoms with Gasteiger partial charge in [-0.1, -0.05) is 13.8 Å². The van der Waals surface area contributed by atoms with E-state index in [1.807, 2.05) is 0 Å². The Bertz CT molecular complexity index is 175. The monoisotopic (exact) mass is 230 g/mol. The van der Waals surface area contributed by atoms with E-state index in [1.54, 1.807) is 0 Å². The Hall–Kier alpha value is 0.270. The van der Waals surface area contributed by atoms with Crippen molar-refractivity contribution in [3.63, 3.8) is 0 Å². The second-order valence-corrected chi connectivity index (χ2v) is 6.33. The highest BCUT2D eigenvalue weighted by molar-refractivity contribution is 8.00. The number of hydrogen-bond donors (Lipinski definition) is 1. The lowest BCUT2D eigenvalue weighted by molar-refractivity contribution is 0.181. The van der Waals surface area contributed by atoms with E-state index in [0.717, 1.165) is 23.8 Å². The summed E-state index contributed by atoms with van der Waals surface area (Å²) in [6.07, 6.45) is 2.45. The van der Waals surface area contributed by atoms with Gasteiger partial charge in [0.05, 0.1) is 0 Å². The third kappa shape index (κ3) is 4.33. The fraction of sp³-hybridized carbons (Fsp3) is 1.00. The molecule has 0 aliphatic carbocycles.